The molecule has 0 bridgehead atoms. The lowest BCUT2D eigenvalue weighted by atomic mass is 10.0. The van der Waals surface area contributed by atoms with Gasteiger partial charge in [0.05, 0.1) is 31.4 Å². The number of nitrogens with one attached hydrogen (secondary N) is 1. The molecule has 34 heavy (non-hydrogen) atoms. The molecule has 3 aromatic carbocycles. The number of amides is 2. The van der Waals surface area contributed by atoms with E-state index in [-0.39, 0.29) is 5.91 Å². The van der Waals surface area contributed by atoms with Gasteiger partial charge in [0.25, 0.3) is 11.8 Å². The molecule has 2 heterocycles. The Morgan fingerprint density at radius 3 is 2.41 bits per heavy atom. The summed E-state index contributed by atoms with van der Waals surface area (Å²) in [4.78, 5) is 30.3. The van der Waals surface area contributed by atoms with Crippen molar-refractivity contribution in [2.75, 3.05) is 33.4 Å². The zero-order chi connectivity index (χ0) is 23.7. The van der Waals surface area contributed by atoms with Crippen molar-refractivity contribution in [2.24, 2.45) is 5.73 Å². The highest BCUT2D eigenvalue weighted by atomic mass is 16.5. The molecular weight excluding hydrogens is 430 g/mol. The maximum Gasteiger partial charge on any atom is 0.254 e. The van der Waals surface area contributed by atoms with Crippen LogP contribution in [0.1, 0.15) is 31.8 Å². The van der Waals surface area contributed by atoms with E-state index < -0.39 is 5.91 Å². The summed E-state index contributed by atoms with van der Waals surface area (Å²) in [7, 11) is 1.63. The van der Waals surface area contributed by atoms with Crippen LogP contribution in [0.2, 0.25) is 0 Å². The first-order chi connectivity index (χ1) is 16.5. The number of benzene rings is 3. The fourth-order valence-corrected chi connectivity index (χ4v) is 4.31. The second kappa shape index (κ2) is 9.03. The van der Waals surface area contributed by atoms with E-state index in [1.54, 1.807) is 18.1 Å². The van der Waals surface area contributed by atoms with Gasteiger partial charge in [0.15, 0.2) is 0 Å². The van der Waals surface area contributed by atoms with Crippen molar-refractivity contribution >= 4 is 45.8 Å². The molecule has 5 rings (SSSR count). The summed E-state index contributed by atoms with van der Waals surface area (Å²) in [6, 6.07) is 17.1. The third-order valence-corrected chi connectivity index (χ3v) is 6.12. The average Bonchev–Trinajstić information content (AvgIpc) is 3.25. The number of primary amides is 1. The molecule has 0 radical (unpaired) electrons. The van der Waals surface area contributed by atoms with Gasteiger partial charge < -0.3 is 25.1 Å². The fraction of sp³-hybridized carbons (Fsp3) is 0.185. The molecule has 172 valence electrons. The number of hydrogen-bond acceptors (Lipinski definition) is 4. The zero-order valence-corrected chi connectivity index (χ0v) is 18.8. The second-order valence-corrected chi connectivity index (χ2v) is 8.25. The first-order valence-electron chi connectivity index (χ1n) is 11.1. The molecule has 0 unspecified atom stereocenters. The minimum Gasteiger partial charge on any atom is -0.497 e. The number of rotatable bonds is 5. The molecule has 2 amide bonds. The summed E-state index contributed by atoms with van der Waals surface area (Å²) in [6.07, 6.45) is 3.92. The number of hydrogen-bond donors (Lipinski definition) is 2. The molecule has 0 spiro atoms. The maximum absolute atomic E-state index is 12.9. The number of ether oxygens (including phenoxy) is 2. The van der Waals surface area contributed by atoms with Crippen LogP contribution < -0.4 is 10.5 Å². The smallest absolute Gasteiger partial charge is 0.254 e. The van der Waals surface area contributed by atoms with E-state index in [1.807, 2.05) is 60.7 Å². The Hall–Kier alpha value is -4.10. The number of methoxy groups -OCH3 is 1. The van der Waals surface area contributed by atoms with Crippen molar-refractivity contribution in [2.45, 2.75) is 0 Å². The van der Waals surface area contributed by atoms with Crippen molar-refractivity contribution in [1.82, 2.24) is 9.88 Å². The van der Waals surface area contributed by atoms with Crippen molar-refractivity contribution < 1.29 is 19.1 Å². The third kappa shape index (κ3) is 4.13. The van der Waals surface area contributed by atoms with Gasteiger partial charge in [0.1, 0.15) is 5.75 Å². The molecule has 4 aromatic rings. The third-order valence-electron chi connectivity index (χ3n) is 6.12. The van der Waals surface area contributed by atoms with Gasteiger partial charge in [0, 0.05) is 34.9 Å². The molecule has 1 aromatic heterocycles. The first kappa shape index (κ1) is 21.7. The van der Waals surface area contributed by atoms with Crippen LogP contribution in [-0.2, 0) is 4.74 Å². The number of carbonyl (C=O) groups excluding carboxylic acids is 2. The Kier molecular flexibility index (Phi) is 5.77. The Bertz CT molecular complexity index is 1410. The Morgan fingerprint density at radius 1 is 0.971 bits per heavy atom. The number of aromatic nitrogens is 1. The molecule has 0 saturated carbocycles. The van der Waals surface area contributed by atoms with E-state index >= 15 is 0 Å². The van der Waals surface area contributed by atoms with Gasteiger partial charge in [-0.25, -0.2) is 0 Å². The van der Waals surface area contributed by atoms with Crippen LogP contribution in [0, 0.1) is 0 Å². The molecule has 0 atom stereocenters. The monoisotopic (exact) mass is 455 g/mol. The van der Waals surface area contributed by atoms with Gasteiger partial charge in [-0.1, -0.05) is 30.4 Å². The summed E-state index contributed by atoms with van der Waals surface area (Å²) >= 11 is 0. The number of nitrogens with two attached hydrogens (primary N) is 1. The van der Waals surface area contributed by atoms with E-state index in [9.17, 15) is 9.59 Å². The molecule has 7 heteroatoms. The lowest BCUT2D eigenvalue weighted by Gasteiger charge is -2.26. The quantitative estimate of drug-likeness (QED) is 0.443. The molecule has 1 aliphatic rings. The Balaban J connectivity index is 1.54. The molecule has 3 N–H and O–H groups in total. The standard InChI is InChI=1S/C27H25N3O4/c1-33-20-7-4-17(5-8-20)2-3-18-14-22-21-9-6-19(27(32)30-10-12-34-13-11-30)16-24(21)29-25(22)23(15-18)26(28)31/h2-9,14-16,29H,10-13H2,1H3,(H2,28,31). The largest absolute Gasteiger partial charge is 0.497 e. The summed E-state index contributed by atoms with van der Waals surface area (Å²) in [5.74, 6) is 0.253. The highest BCUT2D eigenvalue weighted by Crippen LogP contribution is 2.31. The van der Waals surface area contributed by atoms with E-state index in [2.05, 4.69) is 4.98 Å². The molecule has 0 aliphatic carbocycles. The fourth-order valence-electron chi connectivity index (χ4n) is 4.31. The van der Waals surface area contributed by atoms with Gasteiger partial charge in [0.2, 0.25) is 0 Å². The minimum absolute atomic E-state index is 0.0258. The highest BCUT2D eigenvalue weighted by molar-refractivity contribution is 6.16. The van der Waals surface area contributed by atoms with E-state index in [0.717, 1.165) is 33.2 Å². The normalized spacial score (nSPS) is 14.2. The number of H-pyrrole nitrogens is 1. The van der Waals surface area contributed by atoms with Gasteiger partial charge in [-0.15, -0.1) is 0 Å². The highest BCUT2D eigenvalue weighted by Gasteiger charge is 2.20. The van der Waals surface area contributed by atoms with Crippen LogP contribution in [0.15, 0.2) is 54.6 Å². The molecule has 1 saturated heterocycles. The van der Waals surface area contributed by atoms with Crippen LogP contribution in [0.25, 0.3) is 34.0 Å². The van der Waals surface area contributed by atoms with Crippen molar-refractivity contribution in [3.8, 4) is 5.75 Å². The van der Waals surface area contributed by atoms with E-state index in [4.69, 9.17) is 15.2 Å². The number of fused-ring (bicyclic) bond motifs is 3. The summed E-state index contributed by atoms with van der Waals surface area (Å²) in [6.45, 7) is 2.27. The van der Waals surface area contributed by atoms with Crippen molar-refractivity contribution in [1.29, 1.82) is 0 Å². The van der Waals surface area contributed by atoms with Gasteiger partial charge in [-0.05, 0) is 47.5 Å². The summed E-state index contributed by atoms with van der Waals surface area (Å²) < 4.78 is 10.5. The second-order valence-electron chi connectivity index (χ2n) is 8.25. The van der Waals surface area contributed by atoms with Crippen LogP contribution in [0.3, 0.4) is 0 Å². The predicted octanol–water partition coefficient (Wildman–Crippen LogP) is 4.07. The lowest BCUT2D eigenvalue weighted by Crippen LogP contribution is -2.40. The summed E-state index contributed by atoms with van der Waals surface area (Å²) in [5, 5.41) is 1.81. The van der Waals surface area contributed by atoms with Crippen LogP contribution >= 0.6 is 0 Å². The van der Waals surface area contributed by atoms with Crippen LogP contribution in [-0.4, -0.2) is 55.1 Å². The summed E-state index contributed by atoms with van der Waals surface area (Å²) in [5.41, 5.74) is 10.0. The molecule has 1 fully saturated rings. The van der Waals surface area contributed by atoms with E-state index in [1.165, 1.54) is 0 Å². The van der Waals surface area contributed by atoms with Crippen molar-refractivity contribution in [3.63, 3.8) is 0 Å². The predicted molar refractivity (Wildman–Crippen MR) is 133 cm³/mol. The number of carbonyl (C=O) groups is 2. The van der Waals surface area contributed by atoms with Crippen LogP contribution in [0.4, 0.5) is 0 Å². The number of aromatic amines is 1. The SMILES string of the molecule is COc1ccc(C=Cc2cc(C(N)=O)c3[nH]c4cc(C(=O)N5CCOCC5)ccc4c3c2)cc1. The average molecular weight is 456 g/mol. The van der Waals surface area contributed by atoms with Gasteiger partial charge in [-0.3, -0.25) is 9.59 Å². The molecular formula is C27H25N3O4. The topological polar surface area (TPSA) is 97.7 Å². The van der Waals surface area contributed by atoms with Crippen molar-refractivity contribution in [3.05, 3.63) is 76.9 Å². The van der Waals surface area contributed by atoms with Gasteiger partial charge >= 0.3 is 0 Å². The maximum atomic E-state index is 12.9. The molecule has 1 aliphatic heterocycles. The zero-order valence-electron chi connectivity index (χ0n) is 18.8. The number of nitrogens with zero attached hydrogens (tertiary/aromatic N) is 1. The Morgan fingerprint density at radius 2 is 1.71 bits per heavy atom. The van der Waals surface area contributed by atoms with E-state index in [0.29, 0.717) is 42.9 Å². The minimum atomic E-state index is -0.513. The Labute approximate surface area is 196 Å². The molecule has 7 nitrogen and oxygen atoms in total. The van der Waals surface area contributed by atoms with Gasteiger partial charge in [-0.2, -0.15) is 0 Å². The first-order valence-corrected chi connectivity index (χ1v) is 11.1. The lowest BCUT2D eigenvalue weighted by molar-refractivity contribution is 0.0303. The van der Waals surface area contributed by atoms with Crippen LogP contribution in [0.5, 0.6) is 5.75 Å². The number of morpholine rings is 1.